The van der Waals surface area contributed by atoms with Crippen molar-refractivity contribution in [3.05, 3.63) is 55.1 Å². The fourth-order valence-corrected chi connectivity index (χ4v) is 2.50. The first-order chi connectivity index (χ1) is 11.6. The second-order valence-electron chi connectivity index (χ2n) is 4.83. The number of ether oxygens (including phenoxy) is 1. The first-order valence-corrected chi connectivity index (χ1v) is 8.81. The van der Waals surface area contributed by atoms with Gasteiger partial charge in [0.25, 0.3) is 0 Å². The quantitative estimate of drug-likeness (QED) is 0.735. The van der Waals surface area contributed by atoms with E-state index in [1.54, 1.807) is 66.6 Å². The van der Waals surface area contributed by atoms with Crippen molar-refractivity contribution in [3.8, 4) is 17.4 Å². The van der Waals surface area contributed by atoms with Crippen LogP contribution >= 0.6 is 0 Å². The highest BCUT2D eigenvalue weighted by atomic mass is 32.2. The fourth-order valence-electron chi connectivity index (χ4n) is 1.86. The van der Waals surface area contributed by atoms with Crippen molar-refractivity contribution in [2.75, 3.05) is 10.5 Å². The topological polar surface area (TPSA) is 99.0 Å². The molecule has 0 saturated carbocycles. The number of hydrogen-bond acceptors (Lipinski definition) is 6. The predicted molar refractivity (Wildman–Crippen MR) is 88.8 cm³/mol. The Labute approximate surface area is 139 Å². The summed E-state index contributed by atoms with van der Waals surface area (Å²) in [5, 5.41) is 8.04. The highest BCUT2D eigenvalue weighted by Crippen LogP contribution is 2.22. The molecule has 3 rings (SSSR count). The summed E-state index contributed by atoms with van der Waals surface area (Å²) in [7, 11) is -3.29. The van der Waals surface area contributed by atoms with Gasteiger partial charge in [-0.15, -0.1) is 10.2 Å². The van der Waals surface area contributed by atoms with Crippen LogP contribution in [0.25, 0.3) is 5.82 Å². The third-order valence-electron chi connectivity index (χ3n) is 3.13. The Morgan fingerprint density at radius 2 is 1.92 bits per heavy atom. The number of anilines is 1. The van der Waals surface area contributed by atoms with Gasteiger partial charge in [-0.1, -0.05) is 0 Å². The van der Waals surface area contributed by atoms with Gasteiger partial charge in [-0.05, 0) is 37.3 Å². The molecule has 0 atom stereocenters. The van der Waals surface area contributed by atoms with Crippen LogP contribution in [0.3, 0.4) is 0 Å². The first kappa shape index (κ1) is 15.9. The Morgan fingerprint density at radius 3 is 2.50 bits per heavy atom. The molecular formula is C15H15N5O3S. The van der Waals surface area contributed by atoms with E-state index in [0.29, 0.717) is 23.1 Å². The average molecular weight is 345 g/mol. The molecule has 8 nitrogen and oxygen atoms in total. The number of nitrogens with zero attached hydrogens (tertiary/aromatic N) is 4. The summed E-state index contributed by atoms with van der Waals surface area (Å²) in [5.41, 5.74) is 0.478. The van der Waals surface area contributed by atoms with Gasteiger partial charge in [-0.3, -0.25) is 9.29 Å². The molecule has 0 amide bonds. The van der Waals surface area contributed by atoms with Crippen molar-refractivity contribution >= 4 is 15.7 Å². The summed E-state index contributed by atoms with van der Waals surface area (Å²) in [6.45, 7) is 1.58. The maximum absolute atomic E-state index is 11.5. The lowest BCUT2D eigenvalue weighted by Gasteiger charge is -2.08. The summed E-state index contributed by atoms with van der Waals surface area (Å²) >= 11 is 0. The smallest absolute Gasteiger partial charge is 0.238 e. The van der Waals surface area contributed by atoms with Crippen molar-refractivity contribution in [3.63, 3.8) is 0 Å². The fraction of sp³-hybridized carbons (Fsp3) is 0.133. The monoisotopic (exact) mass is 345 g/mol. The molecule has 0 saturated heterocycles. The minimum atomic E-state index is -3.29. The van der Waals surface area contributed by atoms with E-state index in [1.807, 2.05) is 0 Å². The van der Waals surface area contributed by atoms with Gasteiger partial charge in [-0.2, -0.15) is 0 Å². The molecule has 3 aromatic rings. The highest BCUT2D eigenvalue weighted by Gasteiger charge is 2.07. The van der Waals surface area contributed by atoms with Gasteiger partial charge in [0.2, 0.25) is 15.9 Å². The van der Waals surface area contributed by atoms with Crippen LogP contribution in [0.5, 0.6) is 11.6 Å². The highest BCUT2D eigenvalue weighted by molar-refractivity contribution is 7.92. The van der Waals surface area contributed by atoms with Crippen LogP contribution in [-0.4, -0.2) is 33.9 Å². The van der Waals surface area contributed by atoms with Gasteiger partial charge in [0, 0.05) is 24.1 Å². The number of nitrogens with one attached hydrogen (secondary N) is 1. The Balaban J connectivity index is 1.68. The van der Waals surface area contributed by atoms with Crippen LogP contribution in [0.1, 0.15) is 6.92 Å². The van der Waals surface area contributed by atoms with Gasteiger partial charge in [0.15, 0.2) is 5.82 Å². The molecule has 0 fully saturated rings. The van der Waals surface area contributed by atoms with Crippen molar-refractivity contribution in [2.24, 2.45) is 0 Å². The number of aromatic nitrogens is 4. The maximum atomic E-state index is 11.5. The molecule has 1 aromatic carbocycles. The molecule has 0 unspecified atom stereocenters. The molecule has 2 heterocycles. The second-order valence-corrected chi connectivity index (χ2v) is 6.84. The zero-order valence-corrected chi connectivity index (χ0v) is 13.6. The third kappa shape index (κ3) is 3.87. The van der Waals surface area contributed by atoms with Gasteiger partial charge in [-0.25, -0.2) is 13.4 Å². The van der Waals surface area contributed by atoms with Crippen LogP contribution < -0.4 is 9.46 Å². The van der Waals surface area contributed by atoms with Crippen LogP contribution in [-0.2, 0) is 10.0 Å². The minimum absolute atomic E-state index is 0.0180. The third-order valence-corrected chi connectivity index (χ3v) is 4.43. The van der Waals surface area contributed by atoms with Crippen LogP contribution in [0.15, 0.2) is 55.1 Å². The van der Waals surface area contributed by atoms with E-state index >= 15 is 0 Å². The molecule has 0 aliphatic rings. The molecular weight excluding hydrogens is 330 g/mol. The van der Waals surface area contributed by atoms with Gasteiger partial charge in [0.1, 0.15) is 12.1 Å². The molecule has 24 heavy (non-hydrogen) atoms. The Kier molecular flexibility index (Phi) is 4.43. The lowest BCUT2D eigenvalue weighted by molar-refractivity contribution is 0.454. The SMILES string of the molecule is CCS(=O)(=O)Nc1ccc(Oc2ccc(-n3ccnc3)nn2)cc1. The lowest BCUT2D eigenvalue weighted by atomic mass is 10.3. The molecule has 0 bridgehead atoms. The Morgan fingerprint density at radius 1 is 1.12 bits per heavy atom. The Bertz CT molecular complexity index is 891. The van der Waals surface area contributed by atoms with E-state index in [9.17, 15) is 8.42 Å². The molecule has 9 heteroatoms. The van der Waals surface area contributed by atoms with E-state index < -0.39 is 10.0 Å². The summed E-state index contributed by atoms with van der Waals surface area (Å²) in [6, 6.07) is 9.99. The molecule has 0 spiro atoms. The summed E-state index contributed by atoms with van der Waals surface area (Å²) in [4.78, 5) is 3.94. The van der Waals surface area contributed by atoms with Gasteiger partial charge < -0.3 is 4.74 Å². The lowest BCUT2D eigenvalue weighted by Crippen LogP contribution is -2.14. The van der Waals surface area contributed by atoms with Crippen molar-refractivity contribution in [1.82, 2.24) is 19.7 Å². The second kappa shape index (κ2) is 6.67. The molecule has 2 aromatic heterocycles. The number of rotatable bonds is 6. The van der Waals surface area contributed by atoms with Crippen molar-refractivity contribution in [2.45, 2.75) is 6.92 Å². The average Bonchev–Trinajstić information content (AvgIpc) is 3.12. The number of benzene rings is 1. The first-order valence-electron chi connectivity index (χ1n) is 7.16. The molecule has 0 radical (unpaired) electrons. The standard InChI is InChI=1S/C15H15N5O3S/c1-2-24(21,22)19-12-3-5-13(6-4-12)23-15-8-7-14(17-18-15)20-10-9-16-11-20/h3-11,19H,2H2,1H3. The van der Waals surface area contributed by atoms with Gasteiger partial charge in [0.05, 0.1) is 5.75 Å². The summed E-state index contributed by atoms with van der Waals surface area (Å²) < 4.78 is 32.8. The molecule has 0 aliphatic heterocycles. The van der Waals surface area contributed by atoms with Crippen LogP contribution in [0.2, 0.25) is 0 Å². The predicted octanol–water partition coefficient (Wildman–Crippen LogP) is 2.22. The van der Waals surface area contributed by atoms with Gasteiger partial charge >= 0.3 is 0 Å². The van der Waals surface area contributed by atoms with Crippen molar-refractivity contribution < 1.29 is 13.2 Å². The van der Waals surface area contributed by atoms with Crippen molar-refractivity contribution in [1.29, 1.82) is 0 Å². The minimum Gasteiger partial charge on any atom is -0.438 e. The number of hydrogen-bond donors (Lipinski definition) is 1. The van der Waals surface area contributed by atoms with Crippen LogP contribution in [0, 0.1) is 0 Å². The van der Waals surface area contributed by atoms with E-state index in [2.05, 4.69) is 19.9 Å². The van der Waals surface area contributed by atoms with Crippen LogP contribution in [0.4, 0.5) is 5.69 Å². The molecule has 124 valence electrons. The van der Waals surface area contributed by atoms with E-state index in [1.165, 1.54) is 0 Å². The van der Waals surface area contributed by atoms with E-state index in [-0.39, 0.29) is 5.75 Å². The molecule has 0 aliphatic carbocycles. The molecule has 1 N–H and O–H groups in total. The zero-order valence-electron chi connectivity index (χ0n) is 12.8. The summed E-state index contributed by atoms with van der Waals surface area (Å²) in [6.07, 6.45) is 5.04. The summed E-state index contributed by atoms with van der Waals surface area (Å²) in [5.74, 6) is 1.51. The maximum Gasteiger partial charge on any atom is 0.238 e. The van der Waals surface area contributed by atoms with E-state index in [0.717, 1.165) is 0 Å². The largest absolute Gasteiger partial charge is 0.438 e. The Hall–Kier alpha value is -2.94. The zero-order chi connectivity index (χ0) is 17.0. The number of imidazole rings is 1. The normalized spacial score (nSPS) is 11.2. The number of sulfonamides is 1. The van der Waals surface area contributed by atoms with E-state index in [4.69, 9.17) is 4.74 Å².